The maximum atomic E-state index is 11.8. The average Bonchev–Trinajstić information content (AvgIpc) is 2.68. The van der Waals surface area contributed by atoms with E-state index in [-0.39, 0.29) is 12.5 Å². The van der Waals surface area contributed by atoms with E-state index in [0.29, 0.717) is 0 Å². The molecule has 5 nitrogen and oxygen atoms in total. The van der Waals surface area contributed by atoms with Crippen LogP contribution in [0.5, 0.6) is 0 Å². The van der Waals surface area contributed by atoms with Gasteiger partial charge in [-0.1, -0.05) is 44.2 Å². The first kappa shape index (κ1) is 13.4. The van der Waals surface area contributed by atoms with Crippen LogP contribution >= 0.6 is 0 Å². The number of benzene rings is 1. The van der Waals surface area contributed by atoms with Crippen molar-refractivity contribution >= 4 is 12.1 Å². The van der Waals surface area contributed by atoms with Gasteiger partial charge in [0, 0.05) is 0 Å². The summed E-state index contributed by atoms with van der Waals surface area (Å²) in [4.78, 5) is 24.5. The highest BCUT2D eigenvalue weighted by atomic mass is 16.6. The van der Waals surface area contributed by atoms with Crippen LogP contribution in [0.1, 0.15) is 19.4 Å². The molecule has 1 fully saturated rings. The van der Waals surface area contributed by atoms with Crippen molar-refractivity contribution in [3.8, 4) is 0 Å². The van der Waals surface area contributed by atoms with Crippen LogP contribution in [0.2, 0.25) is 0 Å². The van der Waals surface area contributed by atoms with Crippen LogP contribution in [0.25, 0.3) is 0 Å². The number of ether oxygens (including phenoxy) is 1. The van der Waals surface area contributed by atoms with E-state index in [0.717, 1.165) is 5.56 Å². The van der Waals surface area contributed by atoms with Crippen molar-refractivity contribution in [3.63, 3.8) is 0 Å². The summed E-state index contributed by atoms with van der Waals surface area (Å²) in [6, 6.07) is 8.37. The Kier molecular flexibility index (Phi) is 3.74. The standard InChI is InChI=1S/C14H17NO4/c1-9(2)12-11(13(16)17)15(14(18)19-12)8-10-6-4-3-5-7-10/h3-7,9,11-12H,8H2,1-2H3,(H,16,17). The highest BCUT2D eigenvalue weighted by molar-refractivity contribution is 5.83. The van der Waals surface area contributed by atoms with Crippen LogP contribution in [0, 0.1) is 5.92 Å². The lowest BCUT2D eigenvalue weighted by Crippen LogP contribution is -2.44. The van der Waals surface area contributed by atoms with Gasteiger partial charge in [0.1, 0.15) is 6.10 Å². The summed E-state index contributed by atoms with van der Waals surface area (Å²) in [6.45, 7) is 3.94. The molecule has 1 saturated heterocycles. The summed E-state index contributed by atoms with van der Waals surface area (Å²) in [5.74, 6) is -1.06. The Labute approximate surface area is 111 Å². The van der Waals surface area contributed by atoms with E-state index in [2.05, 4.69) is 0 Å². The van der Waals surface area contributed by atoms with Crippen molar-refractivity contribution in [2.24, 2.45) is 5.92 Å². The predicted molar refractivity (Wildman–Crippen MR) is 68.5 cm³/mol. The SMILES string of the molecule is CC(C)C1OC(=O)N(Cc2ccccc2)C1C(=O)O. The van der Waals surface area contributed by atoms with Crippen molar-refractivity contribution < 1.29 is 19.4 Å². The van der Waals surface area contributed by atoms with Crippen LogP contribution < -0.4 is 0 Å². The van der Waals surface area contributed by atoms with Gasteiger partial charge < -0.3 is 9.84 Å². The Hall–Kier alpha value is -2.04. The van der Waals surface area contributed by atoms with Gasteiger partial charge in [0.05, 0.1) is 6.54 Å². The van der Waals surface area contributed by atoms with Crippen LogP contribution in [-0.4, -0.2) is 34.2 Å². The molecule has 0 saturated carbocycles. The van der Waals surface area contributed by atoms with Gasteiger partial charge in [0.2, 0.25) is 0 Å². The third-order valence-electron chi connectivity index (χ3n) is 3.22. The summed E-state index contributed by atoms with van der Waals surface area (Å²) >= 11 is 0. The molecule has 0 aliphatic carbocycles. The van der Waals surface area contributed by atoms with Gasteiger partial charge in [-0.2, -0.15) is 0 Å². The van der Waals surface area contributed by atoms with Crippen molar-refractivity contribution in [1.29, 1.82) is 0 Å². The molecule has 19 heavy (non-hydrogen) atoms. The minimum Gasteiger partial charge on any atom is -0.480 e. The van der Waals surface area contributed by atoms with Crippen LogP contribution in [0.4, 0.5) is 4.79 Å². The molecular weight excluding hydrogens is 246 g/mol. The topological polar surface area (TPSA) is 66.8 Å². The van der Waals surface area contributed by atoms with Crippen LogP contribution in [0.3, 0.4) is 0 Å². The minimum absolute atomic E-state index is 0.0363. The van der Waals surface area contributed by atoms with Crippen LogP contribution in [-0.2, 0) is 16.1 Å². The highest BCUT2D eigenvalue weighted by Crippen LogP contribution is 2.27. The first-order valence-corrected chi connectivity index (χ1v) is 6.24. The van der Waals surface area contributed by atoms with Crippen LogP contribution in [0.15, 0.2) is 30.3 Å². The number of nitrogens with zero attached hydrogens (tertiary/aromatic N) is 1. The fourth-order valence-corrected chi connectivity index (χ4v) is 2.26. The van der Waals surface area contributed by atoms with Gasteiger partial charge in [-0.25, -0.2) is 9.59 Å². The zero-order valence-corrected chi connectivity index (χ0v) is 10.9. The lowest BCUT2D eigenvalue weighted by Gasteiger charge is -2.22. The Morgan fingerprint density at radius 2 is 2.00 bits per heavy atom. The van der Waals surface area contributed by atoms with Gasteiger partial charge >= 0.3 is 12.1 Å². The molecular formula is C14H17NO4. The first-order chi connectivity index (χ1) is 9.00. The van der Waals surface area contributed by atoms with E-state index in [1.54, 1.807) is 0 Å². The summed E-state index contributed by atoms with van der Waals surface area (Å²) in [6.07, 6.45) is -1.16. The molecule has 2 atom stereocenters. The largest absolute Gasteiger partial charge is 0.480 e. The summed E-state index contributed by atoms with van der Waals surface area (Å²) in [7, 11) is 0. The van der Waals surface area contributed by atoms with E-state index in [4.69, 9.17) is 4.74 Å². The second-order valence-electron chi connectivity index (χ2n) is 4.99. The molecule has 102 valence electrons. The molecule has 2 unspecified atom stereocenters. The van der Waals surface area contributed by atoms with Gasteiger partial charge in [-0.3, -0.25) is 4.90 Å². The number of carbonyl (C=O) groups is 2. The van der Waals surface area contributed by atoms with Gasteiger partial charge in [-0.15, -0.1) is 0 Å². The van der Waals surface area contributed by atoms with Gasteiger partial charge in [0.15, 0.2) is 6.04 Å². The zero-order valence-electron chi connectivity index (χ0n) is 10.9. The normalized spacial score (nSPS) is 22.7. The molecule has 0 radical (unpaired) electrons. The lowest BCUT2D eigenvalue weighted by molar-refractivity contribution is -0.143. The molecule has 0 aromatic heterocycles. The first-order valence-electron chi connectivity index (χ1n) is 6.24. The average molecular weight is 263 g/mol. The monoisotopic (exact) mass is 263 g/mol. The number of hydrogen-bond acceptors (Lipinski definition) is 3. The molecule has 1 aliphatic heterocycles. The van der Waals surface area contributed by atoms with Crippen molar-refractivity contribution in [1.82, 2.24) is 4.90 Å². The molecule has 1 aromatic carbocycles. The van der Waals surface area contributed by atoms with Crippen molar-refractivity contribution in [3.05, 3.63) is 35.9 Å². The van der Waals surface area contributed by atoms with E-state index < -0.39 is 24.2 Å². The number of hydrogen-bond donors (Lipinski definition) is 1. The quantitative estimate of drug-likeness (QED) is 0.903. The molecule has 1 aliphatic rings. The Balaban J connectivity index is 2.22. The zero-order chi connectivity index (χ0) is 14.0. The maximum Gasteiger partial charge on any atom is 0.411 e. The highest BCUT2D eigenvalue weighted by Gasteiger charge is 2.47. The number of aliphatic carboxylic acids is 1. The molecule has 1 aromatic rings. The molecule has 5 heteroatoms. The molecule has 0 bridgehead atoms. The van der Waals surface area contributed by atoms with E-state index in [1.165, 1.54) is 4.90 Å². The molecule has 1 N–H and O–H groups in total. The number of amides is 1. The Morgan fingerprint density at radius 1 is 1.37 bits per heavy atom. The Bertz CT molecular complexity index is 472. The van der Waals surface area contributed by atoms with Crippen molar-refractivity contribution in [2.45, 2.75) is 32.5 Å². The minimum atomic E-state index is -1.03. The summed E-state index contributed by atoms with van der Waals surface area (Å²) in [5.41, 5.74) is 0.884. The summed E-state index contributed by atoms with van der Waals surface area (Å²) in [5, 5.41) is 9.32. The number of cyclic esters (lactones) is 1. The lowest BCUT2D eigenvalue weighted by atomic mass is 9.99. The number of rotatable bonds is 4. The number of carbonyl (C=O) groups excluding carboxylic acids is 1. The third-order valence-corrected chi connectivity index (χ3v) is 3.22. The van der Waals surface area contributed by atoms with E-state index in [9.17, 15) is 14.7 Å². The Morgan fingerprint density at radius 3 is 2.53 bits per heavy atom. The predicted octanol–water partition coefficient (Wildman–Crippen LogP) is 2.12. The van der Waals surface area contributed by atoms with E-state index >= 15 is 0 Å². The molecule has 1 amide bonds. The smallest absolute Gasteiger partial charge is 0.411 e. The second-order valence-corrected chi connectivity index (χ2v) is 4.99. The molecule has 2 rings (SSSR count). The maximum absolute atomic E-state index is 11.8. The van der Waals surface area contributed by atoms with Gasteiger partial charge in [0.25, 0.3) is 0 Å². The third kappa shape index (κ3) is 2.70. The number of carboxylic acids is 1. The van der Waals surface area contributed by atoms with Crippen molar-refractivity contribution in [2.75, 3.05) is 0 Å². The van der Waals surface area contributed by atoms with Gasteiger partial charge in [-0.05, 0) is 11.5 Å². The number of carboxylic acid groups (broad SMARTS) is 1. The van der Waals surface area contributed by atoms with E-state index in [1.807, 2.05) is 44.2 Å². The second kappa shape index (κ2) is 5.30. The molecule has 0 spiro atoms. The fraction of sp³-hybridized carbons (Fsp3) is 0.429. The fourth-order valence-electron chi connectivity index (χ4n) is 2.26. The summed E-state index contributed by atoms with van der Waals surface area (Å²) < 4.78 is 5.19. The molecule has 1 heterocycles.